The predicted molar refractivity (Wildman–Crippen MR) is 60.1 cm³/mol. The first-order valence-electron chi connectivity index (χ1n) is 4.67. The summed E-state index contributed by atoms with van der Waals surface area (Å²) in [6, 6.07) is 4.13. The smallest absolute Gasteiger partial charge is 0.343 e. The number of sulfonamides is 1. The molecule has 94 valence electrons. The van der Waals surface area contributed by atoms with Crippen LogP contribution in [-0.2, 0) is 19.6 Å². The molecule has 0 bridgehead atoms. The van der Waals surface area contributed by atoms with Gasteiger partial charge in [0.25, 0.3) is 0 Å². The molecule has 1 aromatic carbocycles. The molecular formula is C10H13NO5S. The monoisotopic (exact) mass is 259 g/mol. The van der Waals surface area contributed by atoms with E-state index in [1.807, 2.05) is 0 Å². The lowest BCUT2D eigenvalue weighted by Gasteiger charge is -2.08. The average Bonchev–Trinajstić information content (AvgIpc) is 2.25. The van der Waals surface area contributed by atoms with Gasteiger partial charge in [0.1, 0.15) is 5.75 Å². The highest BCUT2D eigenvalue weighted by atomic mass is 32.2. The van der Waals surface area contributed by atoms with Crippen molar-refractivity contribution in [3.05, 3.63) is 23.8 Å². The second-order valence-corrected chi connectivity index (χ2v) is 4.90. The Bertz CT molecular complexity index is 523. The van der Waals surface area contributed by atoms with Gasteiger partial charge >= 0.3 is 5.97 Å². The van der Waals surface area contributed by atoms with Gasteiger partial charge in [0, 0.05) is 0 Å². The van der Waals surface area contributed by atoms with Crippen molar-refractivity contribution in [2.75, 3.05) is 13.7 Å². The van der Waals surface area contributed by atoms with Gasteiger partial charge in [-0.25, -0.2) is 18.4 Å². The van der Waals surface area contributed by atoms with Crippen LogP contribution in [0.2, 0.25) is 0 Å². The third-order valence-corrected chi connectivity index (χ3v) is 2.96. The fourth-order valence-electron chi connectivity index (χ4n) is 1.16. The van der Waals surface area contributed by atoms with Crippen LogP contribution in [0.1, 0.15) is 5.56 Å². The molecule has 0 aliphatic heterocycles. The number of esters is 1. The van der Waals surface area contributed by atoms with E-state index in [9.17, 15) is 13.2 Å². The maximum atomic E-state index is 11.1. The van der Waals surface area contributed by atoms with Crippen molar-refractivity contribution in [3.63, 3.8) is 0 Å². The van der Waals surface area contributed by atoms with Gasteiger partial charge in [-0.2, -0.15) is 0 Å². The topological polar surface area (TPSA) is 95.7 Å². The van der Waals surface area contributed by atoms with Crippen LogP contribution in [0.15, 0.2) is 23.1 Å². The fourth-order valence-corrected chi connectivity index (χ4v) is 1.76. The molecule has 0 saturated carbocycles. The molecule has 7 heteroatoms. The predicted octanol–water partition coefficient (Wildman–Crippen LogP) is 0.194. The van der Waals surface area contributed by atoms with Crippen LogP contribution < -0.4 is 9.88 Å². The number of methoxy groups -OCH3 is 1. The Balaban J connectivity index is 2.88. The first-order chi connectivity index (χ1) is 7.84. The first-order valence-corrected chi connectivity index (χ1v) is 6.22. The Hall–Kier alpha value is -1.60. The van der Waals surface area contributed by atoms with E-state index in [0.717, 1.165) is 0 Å². The molecule has 0 heterocycles. The summed E-state index contributed by atoms with van der Waals surface area (Å²) in [6.07, 6.45) is 0. The Morgan fingerprint density at radius 2 is 2.06 bits per heavy atom. The lowest BCUT2D eigenvalue weighted by atomic mass is 10.2. The molecule has 0 radical (unpaired) electrons. The second-order valence-electron chi connectivity index (χ2n) is 3.34. The third-order valence-electron chi connectivity index (χ3n) is 2.05. The molecule has 0 aromatic heterocycles. The first kappa shape index (κ1) is 13.5. The SMILES string of the molecule is COC(=O)COc1ccc(S(N)(=O)=O)cc1C. The minimum atomic E-state index is -3.73. The number of carbonyl (C=O) groups is 1. The van der Waals surface area contributed by atoms with Crippen LogP contribution in [-0.4, -0.2) is 28.1 Å². The molecule has 1 rings (SSSR count). The van der Waals surface area contributed by atoms with Gasteiger partial charge in [-0.05, 0) is 30.7 Å². The minimum absolute atomic E-state index is 0.000387. The van der Waals surface area contributed by atoms with E-state index in [1.165, 1.54) is 25.3 Å². The van der Waals surface area contributed by atoms with Gasteiger partial charge < -0.3 is 9.47 Å². The zero-order valence-corrected chi connectivity index (χ0v) is 10.3. The highest BCUT2D eigenvalue weighted by Crippen LogP contribution is 2.20. The van der Waals surface area contributed by atoms with E-state index in [4.69, 9.17) is 9.88 Å². The van der Waals surface area contributed by atoms with Gasteiger partial charge in [-0.3, -0.25) is 0 Å². The average molecular weight is 259 g/mol. The Labute approximate surface area is 99.4 Å². The molecule has 6 nitrogen and oxygen atoms in total. The van der Waals surface area contributed by atoms with Crippen LogP contribution in [0.3, 0.4) is 0 Å². The van der Waals surface area contributed by atoms with E-state index in [1.54, 1.807) is 6.92 Å². The summed E-state index contributed by atoms with van der Waals surface area (Å²) in [5.41, 5.74) is 0.570. The molecule has 0 saturated heterocycles. The van der Waals surface area contributed by atoms with Gasteiger partial charge in [0.15, 0.2) is 6.61 Å². The van der Waals surface area contributed by atoms with Crippen molar-refractivity contribution in [1.82, 2.24) is 0 Å². The minimum Gasteiger partial charge on any atom is -0.482 e. The van der Waals surface area contributed by atoms with Crippen molar-refractivity contribution in [2.24, 2.45) is 5.14 Å². The summed E-state index contributed by atoms with van der Waals surface area (Å²) in [5.74, 6) is -0.109. The van der Waals surface area contributed by atoms with Crippen LogP contribution in [0.4, 0.5) is 0 Å². The number of nitrogens with two attached hydrogens (primary N) is 1. The number of rotatable bonds is 4. The quantitative estimate of drug-likeness (QED) is 0.779. The van der Waals surface area contributed by atoms with Gasteiger partial charge in [0.2, 0.25) is 10.0 Å². The van der Waals surface area contributed by atoms with Crippen LogP contribution in [0, 0.1) is 6.92 Å². The number of benzene rings is 1. The van der Waals surface area contributed by atoms with Crippen molar-refractivity contribution in [1.29, 1.82) is 0 Å². The van der Waals surface area contributed by atoms with E-state index in [2.05, 4.69) is 4.74 Å². The van der Waals surface area contributed by atoms with Crippen molar-refractivity contribution in [2.45, 2.75) is 11.8 Å². The molecule has 0 fully saturated rings. The Kier molecular flexibility index (Phi) is 4.08. The maximum absolute atomic E-state index is 11.1. The molecule has 0 amide bonds. The lowest BCUT2D eigenvalue weighted by molar-refractivity contribution is -0.142. The highest BCUT2D eigenvalue weighted by molar-refractivity contribution is 7.89. The van der Waals surface area contributed by atoms with E-state index in [0.29, 0.717) is 11.3 Å². The molecular weight excluding hydrogens is 246 g/mol. The van der Waals surface area contributed by atoms with Crippen molar-refractivity contribution in [3.8, 4) is 5.75 Å². The number of carbonyl (C=O) groups excluding carboxylic acids is 1. The van der Waals surface area contributed by atoms with Crippen molar-refractivity contribution >= 4 is 16.0 Å². The summed E-state index contributed by atoms with van der Waals surface area (Å²) in [4.78, 5) is 10.9. The standard InChI is InChI=1S/C10H13NO5S/c1-7-5-8(17(11,13)14)3-4-9(7)16-6-10(12)15-2/h3-5H,6H2,1-2H3,(H2,11,13,14). The van der Waals surface area contributed by atoms with Crippen molar-refractivity contribution < 1.29 is 22.7 Å². The number of primary sulfonamides is 1. The highest BCUT2D eigenvalue weighted by Gasteiger charge is 2.11. The van der Waals surface area contributed by atoms with Crippen LogP contribution in [0.25, 0.3) is 0 Å². The number of ether oxygens (including phenoxy) is 2. The van der Waals surface area contributed by atoms with Gasteiger partial charge in [-0.1, -0.05) is 0 Å². The van der Waals surface area contributed by atoms with E-state index < -0.39 is 16.0 Å². The number of hydrogen-bond donors (Lipinski definition) is 1. The second kappa shape index (κ2) is 5.15. The lowest BCUT2D eigenvalue weighted by Crippen LogP contribution is -2.14. The summed E-state index contributed by atoms with van der Waals surface area (Å²) in [5, 5.41) is 4.98. The maximum Gasteiger partial charge on any atom is 0.343 e. The van der Waals surface area contributed by atoms with Gasteiger partial charge in [-0.15, -0.1) is 0 Å². The fraction of sp³-hybridized carbons (Fsp3) is 0.300. The van der Waals surface area contributed by atoms with Gasteiger partial charge in [0.05, 0.1) is 12.0 Å². The zero-order chi connectivity index (χ0) is 13.1. The van der Waals surface area contributed by atoms with E-state index >= 15 is 0 Å². The normalized spacial score (nSPS) is 11.0. The molecule has 17 heavy (non-hydrogen) atoms. The van der Waals surface area contributed by atoms with E-state index in [-0.39, 0.29) is 11.5 Å². The third kappa shape index (κ3) is 3.72. The molecule has 0 atom stereocenters. The summed E-state index contributed by atoms with van der Waals surface area (Å²) < 4.78 is 31.7. The Morgan fingerprint density at radius 1 is 1.41 bits per heavy atom. The molecule has 0 aliphatic carbocycles. The van der Waals surface area contributed by atoms with Crippen LogP contribution in [0.5, 0.6) is 5.75 Å². The number of hydrogen-bond acceptors (Lipinski definition) is 5. The summed E-state index contributed by atoms with van der Waals surface area (Å²) in [7, 11) is -2.47. The van der Waals surface area contributed by atoms with Crippen LogP contribution >= 0.6 is 0 Å². The molecule has 0 aliphatic rings. The molecule has 1 aromatic rings. The summed E-state index contributed by atoms with van der Waals surface area (Å²) in [6.45, 7) is 1.42. The number of aryl methyl sites for hydroxylation is 1. The molecule has 0 unspecified atom stereocenters. The Morgan fingerprint density at radius 3 is 2.53 bits per heavy atom. The largest absolute Gasteiger partial charge is 0.482 e. The summed E-state index contributed by atoms with van der Waals surface area (Å²) >= 11 is 0. The molecule has 2 N–H and O–H groups in total. The zero-order valence-electron chi connectivity index (χ0n) is 9.47. The molecule has 0 spiro atoms.